The van der Waals surface area contributed by atoms with E-state index in [9.17, 15) is 13.2 Å². The summed E-state index contributed by atoms with van der Waals surface area (Å²) in [5.41, 5.74) is 9.91. The first-order valence-electron chi connectivity index (χ1n) is 6.61. The number of rotatable bonds is 1. The van der Waals surface area contributed by atoms with Gasteiger partial charge in [0, 0.05) is 13.1 Å². The average molecular weight is 287 g/mol. The second-order valence-corrected chi connectivity index (χ2v) is 5.52. The molecule has 1 aliphatic heterocycles. The first-order chi connectivity index (χ1) is 9.36. The summed E-state index contributed by atoms with van der Waals surface area (Å²) in [7, 11) is 0. The summed E-state index contributed by atoms with van der Waals surface area (Å²) in [6.45, 7) is 1.17. The lowest BCUT2D eigenvalue weighted by molar-refractivity contribution is -0.136. The first kappa shape index (κ1) is 13.3. The van der Waals surface area contributed by atoms with Gasteiger partial charge in [0.15, 0.2) is 0 Å². The van der Waals surface area contributed by atoms with Crippen molar-refractivity contribution in [3.8, 4) is 0 Å². The van der Waals surface area contributed by atoms with Crippen molar-refractivity contribution in [2.45, 2.75) is 25.4 Å². The molecule has 2 atom stereocenters. The summed E-state index contributed by atoms with van der Waals surface area (Å²) < 4.78 is 39.5. The lowest BCUT2D eigenvalue weighted by atomic mass is 10.0. The lowest BCUT2D eigenvalue weighted by Crippen LogP contribution is -2.27. The van der Waals surface area contributed by atoms with Crippen LogP contribution in [0.2, 0.25) is 0 Å². The van der Waals surface area contributed by atoms with E-state index in [1.54, 1.807) is 4.90 Å². The molecule has 1 aliphatic carbocycles. The molecule has 0 radical (unpaired) electrons. The molecule has 0 spiro atoms. The van der Waals surface area contributed by atoms with Gasteiger partial charge >= 0.3 is 6.18 Å². The molecule has 2 heterocycles. The van der Waals surface area contributed by atoms with E-state index in [0.717, 1.165) is 19.3 Å². The predicted molar refractivity (Wildman–Crippen MR) is 68.9 cm³/mol. The largest absolute Gasteiger partial charge is 0.423 e. The van der Waals surface area contributed by atoms with Crippen LogP contribution in [0.15, 0.2) is 0 Å². The van der Waals surface area contributed by atoms with Gasteiger partial charge in [-0.3, -0.25) is 0 Å². The highest BCUT2D eigenvalue weighted by Gasteiger charge is 2.43. The summed E-state index contributed by atoms with van der Waals surface area (Å²) >= 11 is 0. The molecular weight excluding hydrogens is 271 g/mol. The number of fused-ring (bicyclic) bond motifs is 1. The highest BCUT2D eigenvalue weighted by Crippen LogP contribution is 2.44. The number of nitrogens with zero attached hydrogens (tertiary/aromatic N) is 3. The van der Waals surface area contributed by atoms with Gasteiger partial charge in [-0.05, 0) is 24.7 Å². The Hall–Kier alpha value is -1.73. The van der Waals surface area contributed by atoms with Crippen LogP contribution in [-0.2, 0) is 6.18 Å². The number of hydrogen-bond acceptors (Lipinski definition) is 5. The summed E-state index contributed by atoms with van der Waals surface area (Å²) in [6.07, 6.45) is -1.29. The maximum absolute atomic E-state index is 13.2. The number of anilines is 3. The molecule has 1 aromatic heterocycles. The van der Waals surface area contributed by atoms with Crippen LogP contribution in [0.25, 0.3) is 0 Å². The van der Waals surface area contributed by atoms with Crippen LogP contribution in [0.3, 0.4) is 0 Å². The molecule has 1 aromatic rings. The zero-order chi connectivity index (χ0) is 14.5. The molecule has 20 heavy (non-hydrogen) atoms. The second-order valence-electron chi connectivity index (χ2n) is 5.52. The van der Waals surface area contributed by atoms with Gasteiger partial charge in [0.2, 0.25) is 5.95 Å². The Balaban J connectivity index is 2.00. The molecule has 4 N–H and O–H groups in total. The Labute approximate surface area is 114 Å². The molecule has 0 bridgehead atoms. The Morgan fingerprint density at radius 2 is 1.65 bits per heavy atom. The molecule has 3 rings (SSSR count). The third-order valence-electron chi connectivity index (χ3n) is 4.24. The van der Waals surface area contributed by atoms with Crippen LogP contribution in [0.1, 0.15) is 24.8 Å². The van der Waals surface area contributed by atoms with E-state index >= 15 is 0 Å². The van der Waals surface area contributed by atoms with Crippen molar-refractivity contribution in [2.75, 3.05) is 29.5 Å². The van der Waals surface area contributed by atoms with Gasteiger partial charge in [-0.2, -0.15) is 23.1 Å². The molecular formula is C12H16F3N5. The fourth-order valence-corrected chi connectivity index (χ4v) is 3.39. The van der Waals surface area contributed by atoms with E-state index in [4.69, 9.17) is 11.5 Å². The number of nitrogen functional groups attached to an aromatic ring is 2. The molecule has 0 aromatic carbocycles. The van der Waals surface area contributed by atoms with Crippen molar-refractivity contribution in [3.05, 3.63) is 5.56 Å². The molecule has 2 unspecified atom stereocenters. The molecule has 1 saturated carbocycles. The average Bonchev–Trinajstić information content (AvgIpc) is 2.84. The zero-order valence-electron chi connectivity index (χ0n) is 10.8. The Kier molecular flexibility index (Phi) is 2.91. The standard InChI is InChI=1S/C12H16F3N5/c13-12(14,15)8-9(16)18-11(17)19-10(8)20-4-6-2-1-3-7(6)5-20/h6-7H,1-5H2,(H4,16,17,18,19). The fourth-order valence-electron chi connectivity index (χ4n) is 3.39. The molecule has 2 fully saturated rings. The fraction of sp³-hybridized carbons (Fsp3) is 0.667. The van der Waals surface area contributed by atoms with Gasteiger partial charge < -0.3 is 16.4 Å². The molecule has 8 heteroatoms. The third-order valence-corrected chi connectivity index (χ3v) is 4.24. The second kappa shape index (κ2) is 4.39. The van der Waals surface area contributed by atoms with Crippen molar-refractivity contribution < 1.29 is 13.2 Å². The quantitative estimate of drug-likeness (QED) is 0.824. The van der Waals surface area contributed by atoms with Crippen LogP contribution in [0.5, 0.6) is 0 Å². The van der Waals surface area contributed by atoms with Gasteiger partial charge in [0.25, 0.3) is 0 Å². The van der Waals surface area contributed by atoms with Crippen molar-refractivity contribution in [2.24, 2.45) is 11.8 Å². The van der Waals surface area contributed by atoms with Gasteiger partial charge in [-0.15, -0.1) is 0 Å². The summed E-state index contributed by atoms with van der Waals surface area (Å²) in [5.74, 6) is -0.0847. The van der Waals surface area contributed by atoms with Crippen molar-refractivity contribution in [1.29, 1.82) is 0 Å². The normalized spacial score (nSPS) is 26.1. The van der Waals surface area contributed by atoms with Crippen LogP contribution >= 0.6 is 0 Å². The minimum atomic E-state index is -4.58. The Bertz CT molecular complexity index is 519. The molecule has 110 valence electrons. The van der Waals surface area contributed by atoms with Crippen LogP contribution < -0.4 is 16.4 Å². The first-order valence-corrected chi connectivity index (χ1v) is 6.61. The number of nitrogens with two attached hydrogens (primary N) is 2. The van der Waals surface area contributed by atoms with E-state index < -0.39 is 17.6 Å². The predicted octanol–water partition coefficient (Wildman–Crippen LogP) is 1.90. The smallest absolute Gasteiger partial charge is 0.383 e. The van der Waals surface area contributed by atoms with Crippen molar-refractivity contribution >= 4 is 17.6 Å². The Morgan fingerprint density at radius 1 is 1.05 bits per heavy atom. The topological polar surface area (TPSA) is 81.1 Å². The maximum Gasteiger partial charge on any atom is 0.423 e. The number of aromatic nitrogens is 2. The zero-order valence-corrected chi connectivity index (χ0v) is 10.8. The minimum Gasteiger partial charge on any atom is -0.383 e. The minimum absolute atomic E-state index is 0.170. The number of alkyl halides is 3. The van der Waals surface area contributed by atoms with E-state index in [2.05, 4.69) is 9.97 Å². The lowest BCUT2D eigenvalue weighted by Gasteiger charge is -2.23. The van der Waals surface area contributed by atoms with Crippen molar-refractivity contribution in [3.63, 3.8) is 0 Å². The SMILES string of the molecule is Nc1nc(N)c(C(F)(F)F)c(N2CC3CCCC3C2)n1. The third kappa shape index (κ3) is 2.12. The van der Waals surface area contributed by atoms with Crippen LogP contribution in [0, 0.1) is 11.8 Å². The van der Waals surface area contributed by atoms with E-state index in [0.29, 0.717) is 24.9 Å². The van der Waals surface area contributed by atoms with Gasteiger partial charge in [-0.1, -0.05) is 6.42 Å². The maximum atomic E-state index is 13.2. The molecule has 5 nitrogen and oxygen atoms in total. The molecule has 1 saturated heterocycles. The highest BCUT2D eigenvalue weighted by atomic mass is 19.4. The van der Waals surface area contributed by atoms with E-state index in [1.807, 2.05) is 0 Å². The van der Waals surface area contributed by atoms with Crippen LogP contribution in [0.4, 0.5) is 30.8 Å². The number of halogens is 3. The summed E-state index contributed by atoms with van der Waals surface area (Å²) in [6, 6.07) is 0. The Morgan fingerprint density at radius 3 is 2.20 bits per heavy atom. The van der Waals surface area contributed by atoms with Gasteiger partial charge in [0.1, 0.15) is 17.2 Å². The van der Waals surface area contributed by atoms with Gasteiger partial charge in [-0.25, -0.2) is 0 Å². The molecule has 2 aliphatic rings. The van der Waals surface area contributed by atoms with E-state index in [1.165, 1.54) is 0 Å². The summed E-state index contributed by atoms with van der Waals surface area (Å²) in [4.78, 5) is 8.90. The monoisotopic (exact) mass is 287 g/mol. The van der Waals surface area contributed by atoms with Crippen LogP contribution in [-0.4, -0.2) is 23.1 Å². The highest BCUT2D eigenvalue weighted by molar-refractivity contribution is 5.61. The van der Waals surface area contributed by atoms with Crippen molar-refractivity contribution in [1.82, 2.24) is 9.97 Å². The van der Waals surface area contributed by atoms with Gasteiger partial charge in [0.05, 0.1) is 0 Å². The number of hydrogen-bond donors (Lipinski definition) is 2. The summed E-state index contributed by atoms with van der Waals surface area (Å²) in [5, 5.41) is 0. The molecule has 0 amide bonds. The van der Waals surface area contributed by atoms with E-state index in [-0.39, 0.29) is 11.8 Å².